The van der Waals surface area contributed by atoms with Gasteiger partial charge in [-0.1, -0.05) is 0 Å². The monoisotopic (exact) mass is 206 g/mol. The molecular formula is C6H10N2O6. The second-order valence-electron chi connectivity index (χ2n) is 2.47. The number of aliphatic carboxylic acids is 2. The van der Waals surface area contributed by atoms with Crippen molar-refractivity contribution in [2.45, 2.75) is 18.9 Å². The summed E-state index contributed by atoms with van der Waals surface area (Å²) in [6.07, 6.45) is -0.897. The summed E-state index contributed by atoms with van der Waals surface area (Å²) < 4.78 is 0. The zero-order valence-corrected chi connectivity index (χ0v) is 7.08. The van der Waals surface area contributed by atoms with E-state index in [1.165, 1.54) is 0 Å². The molecule has 0 aliphatic rings. The number of rotatable bonds is 5. The molecule has 0 heterocycles. The molecule has 0 aliphatic carbocycles. The van der Waals surface area contributed by atoms with Gasteiger partial charge in [0.25, 0.3) is 0 Å². The predicted molar refractivity (Wildman–Crippen MR) is 41.5 cm³/mol. The van der Waals surface area contributed by atoms with E-state index in [1.54, 1.807) is 0 Å². The first-order valence-corrected chi connectivity index (χ1v) is 3.58. The van der Waals surface area contributed by atoms with Crippen LogP contribution in [-0.2, 0) is 9.59 Å². The van der Waals surface area contributed by atoms with Crippen LogP contribution in [0.3, 0.4) is 0 Å². The summed E-state index contributed by atoms with van der Waals surface area (Å²) in [5, 5.41) is 25.4. The third-order valence-electron chi connectivity index (χ3n) is 1.44. The molecule has 0 aliphatic heterocycles. The van der Waals surface area contributed by atoms with Gasteiger partial charge < -0.3 is 15.9 Å². The van der Waals surface area contributed by atoms with Crippen LogP contribution in [-0.4, -0.2) is 44.5 Å². The zero-order valence-electron chi connectivity index (χ0n) is 7.08. The number of carboxylic acid groups (broad SMARTS) is 2. The number of carbonyl (C=O) groups is 3. The summed E-state index contributed by atoms with van der Waals surface area (Å²) in [5.74, 6) is -2.75. The zero-order chi connectivity index (χ0) is 11.3. The largest absolute Gasteiger partial charge is 0.481 e. The maximum absolute atomic E-state index is 10.5. The van der Waals surface area contributed by atoms with Gasteiger partial charge in [-0.25, -0.2) is 9.59 Å². The van der Waals surface area contributed by atoms with Gasteiger partial charge in [-0.05, 0) is 6.42 Å². The van der Waals surface area contributed by atoms with Crippen molar-refractivity contribution >= 4 is 18.0 Å². The molecular weight excluding hydrogens is 196 g/mol. The first kappa shape index (κ1) is 12.2. The highest BCUT2D eigenvalue weighted by Crippen LogP contribution is 2.05. The van der Waals surface area contributed by atoms with E-state index < -0.39 is 36.9 Å². The van der Waals surface area contributed by atoms with Crippen molar-refractivity contribution in [1.29, 1.82) is 0 Å². The number of hydrogen-bond acceptors (Lipinski definition) is 4. The van der Waals surface area contributed by atoms with E-state index in [-0.39, 0.29) is 5.06 Å². The number of carbonyl (C=O) groups excluding carboxylic acids is 1. The minimum Gasteiger partial charge on any atom is -0.481 e. The lowest BCUT2D eigenvalue weighted by Gasteiger charge is -2.19. The van der Waals surface area contributed by atoms with Crippen molar-refractivity contribution in [3.8, 4) is 0 Å². The molecule has 0 aromatic carbocycles. The molecule has 0 rings (SSSR count). The number of hydrogen-bond donors (Lipinski definition) is 4. The van der Waals surface area contributed by atoms with E-state index in [1.807, 2.05) is 0 Å². The lowest BCUT2D eigenvalue weighted by atomic mass is 10.1. The number of urea groups is 1. The van der Waals surface area contributed by atoms with Crippen molar-refractivity contribution in [1.82, 2.24) is 5.06 Å². The van der Waals surface area contributed by atoms with Crippen LogP contribution in [0.2, 0.25) is 0 Å². The molecule has 0 saturated heterocycles. The van der Waals surface area contributed by atoms with E-state index >= 15 is 0 Å². The molecule has 0 aromatic heterocycles. The van der Waals surface area contributed by atoms with Gasteiger partial charge >= 0.3 is 18.0 Å². The molecule has 0 aromatic rings. The number of carboxylic acids is 2. The summed E-state index contributed by atoms with van der Waals surface area (Å²) in [7, 11) is 0. The van der Waals surface area contributed by atoms with Crippen molar-refractivity contribution in [3.05, 3.63) is 0 Å². The van der Waals surface area contributed by atoms with E-state index in [0.29, 0.717) is 0 Å². The fourth-order valence-corrected chi connectivity index (χ4v) is 0.764. The van der Waals surface area contributed by atoms with Crippen molar-refractivity contribution in [3.63, 3.8) is 0 Å². The summed E-state index contributed by atoms with van der Waals surface area (Å²) in [6, 6.07) is -2.98. The average molecular weight is 206 g/mol. The van der Waals surface area contributed by atoms with Crippen LogP contribution < -0.4 is 5.73 Å². The topological polar surface area (TPSA) is 141 Å². The molecule has 1 unspecified atom stereocenters. The Balaban J connectivity index is 4.37. The van der Waals surface area contributed by atoms with Gasteiger partial charge in [-0.15, -0.1) is 0 Å². The van der Waals surface area contributed by atoms with Crippen LogP contribution in [0.5, 0.6) is 0 Å². The van der Waals surface area contributed by atoms with Crippen LogP contribution in [0, 0.1) is 0 Å². The average Bonchev–Trinajstić information content (AvgIpc) is 2.02. The normalized spacial score (nSPS) is 11.8. The van der Waals surface area contributed by atoms with Crippen molar-refractivity contribution in [2.24, 2.45) is 5.73 Å². The first-order valence-electron chi connectivity index (χ1n) is 3.58. The van der Waals surface area contributed by atoms with Gasteiger partial charge in [-0.3, -0.25) is 10.0 Å². The molecule has 2 amide bonds. The van der Waals surface area contributed by atoms with E-state index in [2.05, 4.69) is 5.73 Å². The smallest absolute Gasteiger partial charge is 0.339 e. The highest BCUT2D eigenvalue weighted by molar-refractivity contribution is 5.81. The summed E-state index contributed by atoms with van der Waals surface area (Å²) >= 11 is 0. The van der Waals surface area contributed by atoms with Crippen LogP contribution in [0.4, 0.5) is 4.79 Å². The number of amides is 2. The minimum atomic E-state index is -1.64. The number of nitrogens with two attached hydrogens (primary N) is 1. The SMILES string of the molecule is NC(=O)N(O)C(CCC(=O)O)C(=O)O. The van der Waals surface area contributed by atoms with E-state index in [9.17, 15) is 14.4 Å². The van der Waals surface area contributed by atoms with Gasteiger partial charge in [0, 0.05) is 6.42 Å². The number of primary amides is 1. The molecule has 0 bridgehead atoms. The maximum atomic E-state index is 10.5. The van der Waals surface area contributed by atoms with E-state index in [4.69, 9.17) is 15.4 Å². The second-order valence-corrected chi connectivity index (χ2v) is 2.47. The fraction of sp³-hybridized carbons (Fsp3) is 0.500. The van der Waals surface area contributed by atoms with Gasteiger partial charge in [0.1, 0.15) is 0 Å². The maximum Gasteiger partial charge on any atom is 0.339 e. The number of hydroxylamine groups is 2. The minimum absolute atomic E-state index is 0.203. The van der Waals surface area contributed by atoms with Crippen LogP contribution >= 0.6 is 0 Å². The first-order chi connectivity index (χ1) is 6.36. The Kier molecular flexibility index (Phi) is 4.36. The summed E-state index contributed by atoms with van der Waals surface area (Å²) in [6.45, 7) is 0. The molecule has 0 saturated carbocycles. The molecule has 1 atom stereocenters. The van der Waals surface area contributed by atoms with Crippen molar-refractivity contribution < 1.29 is 29.8 Å². The molecule has 8 heteroatoms. The third-order valence-corrected chi connectivity index (χ3v) is 1.44. The fourth-order valence-electron chi connectivity index (χ4n) is 0.764. The van der Waals surface area contributed by atoms with Gasteiger partial charge in [-0.2, -0.15) is 5.06 Å². The van der Waals surface area contributed by atoms with E-state index in [0.717, 1.165) is 0 Å². The lowest BCUT2D eigenvalue weighted by Crippen LogP contribution is -2.45. The third kappa shape index (κ3) is 3.72. The Morgan fingerprint density at radius 2 is 1.79 bits per heavy atom. The highest BCUT2D eigenvalue weighted by atomic mass is 16.5. The van der Waals surface area contributed by atoms with Crippen LogP contribution in [0.1, 0.15) is 12.8 Å². The molecule has 5 N–H and O–H groups in total. The molecule has 0 fully saturated rings. The Bertz CT molecular complexity index is 253. The standard InChI is InChI=1S/C6H10N2O6/c7-6(13)8(14)3(5(11)12)1-2-4(9)10/h3,14H,1-2H2,(H2,7,13)(H,9,10)(H,11,12). The van der Waals surface area contributed by atoms with Crippen LogP contribution in [0.15, 0.2) is 0 Å². The molecule has 0 spiro atoms. The molecule has 14 heavy (non-hydrogen) atoms. The van der Waals surface area contributed by atoms with Crippen LogP contribution in [0.25, 0.3) is 0 Å². The molecule has 80 valence electrons. The van der Waals surface area contributed by atoms with Crippen molar-refractivity contribution in [2.75, 3.05) is 0 Å². The highest BCUT2D eigenvalue weighted by Gasteiger charge is 2.27. The molecule has 8 nitrogen and oxygen atoms in total. The Labute approximate surface area is 78.5 Å². The Hall–Kier alpha value is -1.83. The summed E-state index contributed by atoms with van der Waals surface area (Å²) in [4.78, 5) is 30.9. The molecule has 0 radical (unpaired) electrons. The Morgan fingerprint density at radius 3 is 2.07 bits per heavy atom. The van der Waals surface area contributed by atoms with Gasteiger partial charge in [0.15, 0.2) is 6.04 Å². The predicted octanol–water partition coefficient (Wildman–Crippen LogP) is -0.926. The number of nitrogens with zero attached hydrogens (tertiary/aromatic N) is 1. The lowest BCUT2D eigenvalue weighted by molar-refractivity contribution is -0.157. The van der Waals surface area contributed by atoms with Gasteiger partial charge in [0.2, 0.25) is 0 Å². The Morgan fingerprint density at radius 1 is 1.29 bits per heavy atom. The second kappa shape index (κ2) is 5.02. The quantitative estimate of drug-likeness (QED) is 0.338. The summed E-state index contributed by atoms with van der Waals surface area (Å²) in [5.41, 5.74) is 4.61. The van der Waals surface area contributed by atoms with Gasteiger partial charge in [0.05, 0.1) is 0 Å².